The molecule has 150 valence electrons. The molecule has 0 amide bonds. The number of benzene rings is 2. The summed E-state index contributed by atoms with van der Waals surface area (Å²) >= 11 is 1.35. The summed E-state index contributed by atoms with van der Waals surface area (Å²) in [6.07, 6.45) is 0.186. The van der Waals surface area contributed by atoms with E-state index in [1.54, 1.807) is 36.4 Å². The van der Waals surface area contributed by atoms with Gasteiger partial charge in [-0.2, -0.15) is 0 Å². The van der Waals surface area contributed by atoms with Gasteiger partial charge in [-0.1, -0.05) is 18.2 Å². The first kappa shape index (κ1) is 19.8. The molecule has 0 saturated carbocycles. The van der Waals surface area contributed by atoms with E-state index in [0.717, 1.165) is 21.9 Å². The van der Waals surface area contributed by atoms with Crippen LogP contribution in [0, 0.1) is 0 Å². The van der Waals surface area contributed by atoms with Gasteiger partial charge in [0.25, 0.3) is 5.56 Å². The summed E-state index contributed by atoms with van der Waals surface area (Å²) in [6.45, 7) is -0.366. The van der Waals surface area contributed by atoms with E-state index >= 15 is 0 Å². The molecule has 0 spiro atoms. The molecule has 3 N–H and O–H groups in total. The molecule has 0 bridgehead atoms. The minimum atomic E-state index is -3.47. The number of aromatic amines is 1. The molecule has 8 heteroatoms. The minimum absolute atomic E-state index is 0.115. The number of hydrogen-bond acceptors (Lipinski definition) is 6. The topological polar surface area (TPSA) is 107 Å². The van der Waals surface area contributed by atoms with E-state index in [2.05, 4.69) is 4.98 Å². The van der Waals surface area contributed by atoms with Crippen molar-refractivity contribution in [2.45, 2.75) is 17.9 Å². The molecule has 0 radical (unpaired) electrons. The molecule has 0 atom stereocenters. The highest BCUT2D eigenvalue weighted by Gasteiger charge is 2.17. The quantitative estimate of drug-likeness (QED) is 0.437. The predicted octanol–water partition coefficient (Wildman–Crippen LogP) is 3.06. The third-order valence-corrected chi connectivity index (χ3v) is 7.65. The van der Waals surface area contributed by atoms with Crippen LogP contribution in [0.3, 0.4) is 0 Å². The van der Waals surface area contributed by atoms with Crippen LogP contribution in [0.15, 0.2) is 57.5 Å². The third kappa shape index (κ3) is 3.49. The van der Waals surface area contributed by atoms with E-state index in [-0.39, 0.29) is 35.8 Å². The van der Waals surface area contributed by atoms with Gasteiger partial charge in [0.2, 0.25) is 0 Å². The molecule has 2 heterocycles. The lowest BCUT2D eigenvalue weighted by molar-refractivity contribution is 0.282. The van der Waals surface area contributed by atoms with Crippen LogP contribution in [0.4, 0.5) is 0 Å². The van der Waals surface area contributed by atoms with Gasteiger partial charge in [-0.25, -0.2) is 8.42 Å². The molecule has 0 aliphatic heterocycles. The van der Waals surface area contributed by atoms with Crippen molar-refractivity contribution >= 4 is 42.2 Å². The van der Waals surface area contributed by atoms with Gasteiger partial charge < -0.3 is 15.2 Å². The average molecular weight is 430 g/mol. The number of aliphatic hydroxyl groups is 2. The summed E-state index contributed by atoms with van der Waals surface area (Å²) < 4.78 is 25.3. The third-order valence-electron chi connectivity index (χ3n) is 4.92. The fraction of sp³-hybridized carbons (Fsp3) is 0.190. The van der Waals surface area contributed by atoms with Crippen LogP contribution in [0.25, 0.3) is 32.1 Å². The first-order chi connectivity index (χ1) is 14.0. The molecular weight excluding hydrogens is 410 g/mol. The van der Waals surface area contributed by atoms with E-state index in [1.807, 2.05) is 11.4 Å². The van der Waals surface area contributed by atoms with E-state index in [1.165, 1.54) is 11.3 Å². The van der Waals surface area contributed by atoms with Crippen LogP contribution in [-0.2, 0) is 16.4 Å². The van der Waals surface area contributed by atoms with Crippen LogP contribution in [0.1, 0.15) is 12.0 Å². The van der Waals surface area contributed by atoms with Gasteiger partial charge in [0.15, 0.2) is 9.84 Å². The maximum absolute atomic E-state index is 12.4. The van der Waals surface area contributed by atoms with Gasteiger partial charge in [-0.3, -0.25) is 4.79 Å². The van der Waals surface area contributed by atoms with Crippen molar-refractivity contribution in [1.29, 1.82) is 0 Å². The van der Waals surface area contributed by atoms with Crippen molar-refractivity contribution in [3.8, 4) is 11.1 Å². The van der Waals surface area contributed by atoms with Crippen LogP contribution < -0.4 is 5.56 Å². The van der Waals surface area contributed by atoms with Crippen molar-refractivity contribution < 1.29 is 18.6 Å². The number of fused-ring (bicyclic) bond motifs is 3. The van der Waals surface area contributed by atoms with Gasteiger partial charge >= 0.3 is 0 Å². The number of hydrogen-bond donors (Lipinski definition) is 3. The van der Waals surface area contributed by atoms with Gasteiger partial charge in [-0.05, 0) is 52.8 Å². The smallest absolute Gasteiger partial charge is 0.266 e. The maximum Gasteiger partial charge on any atom is 0.266 e. The number of thiophene rings is 1. The van der Waals surface area contributed by atoms with Gasteiger partial charge in [0.1, 0.15) is 4.70 Å². The number of aromatic nitrogens is 1. The summed E-state index contributed by atoms with van der Waals surface area (Å²) in [5.41, 5.74) is 2.71. The highest BCUT2D eigenvalue weighted by molar-refractivity contribution is 7.91. The number of sulfone groups is 1. The Bertz CT molecular complexity index is 1350. The van der Waals surface area contributed by atoms with Crippen molar-refractivity contribution in [2.75, 3.05) is 12.4 Å². The number of rotatable bonds is 6. The number of nitrogens with one attached hydrogen (secondary N) is 1. The zero-order valence-corrected chi connectivity index (χ0v) is 17.0. The van der Waals surface area contributed by atoms with Crippen LogP contribution in [-0.4, -0.2) is 36.0 Å². The lowest BCUT2D eigenvalue weighted by Gasteiger charge is -2.14. The monoisotopic (exact) mass is 429 g/mol. The lowest BCUT2D eigenvalue weighted by atomic mass is 9.94. The first-order valence-electron chi connectivity index (χ1n) is 9.06. The summed E-state index contributed by atoms with van der Waals surface area (Å²) in [5.74, 6) is -0.115. The Hall–Kier alpha value is -2.52. The number of aliphatic hydroxyl groups excluding tert-OH is 2. The Morgan fingerprint density at radius 3 is 2.45 bits per heavy atom. The van der Waals surface area contributed by atoms with Gasteiger partial charge in [0, 0.05) is 22.9 Å². The largest absolute Gasteiger partial charge is 0.396 e. The second-order valence-corrected chi connectivity index (χ2v) is 9.74. The fourth-order valence-electron chi connectivity index (χ4n) is 3.55. The van der Waals surface area contributed by atoms with E-state index < -0.39 is 9.84 Å². The Labute approximate surface area is 171 Å². The molecule has 4 rings (SSSR count). The van der Waals surface area contributed by atoms with E-state index in [0.29, 0.717) is 15.8 Å². The van der Waals surface area contributed by atoms with Crippen LogP contribution >= 0.6 is 11.3 Å². The van der Waals surface area contributed by atoms with Crippen molar-refractivity contribution in [3.63, 3.8) is 0 Å². The predicted molar refractivity (Wildman–Crippen MR) is 115 cm³/mol. The molecule has 6 nitrogen and oxygen atoms in total. The van der Waals surface area contributed by atoms with Gasteiger partial charge in [-0.15, -0.1) is 11.3 Å². The maximum atomic E-state index is 12.4. The Balaban J connectivity index is 1.94. The number of pyridine rings is 1. The molecule has 0 aliphatic rings. The molecule has 0 aliphatic carbocycles. The molecule has 0 saturated heterocycles. The normalized spacial score (nSPS) is 12.1. The SMILES string of the molecule is O=c1[nH]c2ccc(CO)c(-c3ccc(S(=O)(=O)CCCO)cc3)c2c2ccsc12. The van der Waals surface area contributed by atoms with E-state index in [9.17, 15) is 18.3 Å². The average Bonchev–Trinajstić information content (AvgIpc) is 3.22. The van der Waals surface area contributed by atoms with Crippen LogP contribution in [0.2, 0.25) is 0 Å². The standard InChI is InChI=1S/C21H19NO5S2/c23-9-1-11-29(26,27)15-5-2-13(3-6-15)18-14(12-24)4-7-17-19(18)16-8-10-28-20(16)21(25)22-17/h2-8,10,23-24H,1,9,11-12H2,(H,22,25). The Kier molecular flexibility index (Phi) is 5.26. The van der Waals surface area contributed by atoms with Crippen molar-refractivity contribution in [1.82, 2.24) is 4.98 Å². The van der Waals surface area contributed by atoms with Crippen molar-refractivity contribution in [3.05, 3.63) is 63.8 Å². The zero-order chi connectivity index (χ0) is 20.6. The minimum Gasteiger partial charge on any atom is -0.396 e. The molecular formula is C21H19NO5S2. The van der Waals surface area contributed by atoms with Gasteiger partial charge in [0.05, 0.1) is 17.3 Å². The van der Waals surface area contributed by atoms with Crippen molar-refractivity contribution in [2.24, 2.45) is 0 Å². The Morgan fingerprint density at radius 2 is 1.76 bits per heavy atom. The summed E-state index contributed by atoms with van der Waals surface area (Å²) in [6, 6.07) is 11.9. The lowest BCUT2D eigenvalue weighted by Crippen LogP contribution is -2.08. The zero-order valence-electron chi connectivity index (χ0n) is 15.4. The highest BCUT2D eigenvalue weighted by Crippen LogP contribution is 2.37. The molecule has 29 heavy (non-hydrogen) atoms. The van der Waals surface area contributed by atoms with E-state index in [4.69, 9.17) is 5.11 Å². The Morgan fingerprint density at radius 1 is 1.00 bits per heavy atom. The fourth-order valence-corrected chi connectivity index (χ4v) is 5.64. The second kappa shape index (κ2) is 7.72. The summed E-state index contributed by atoms with van der Waals surface area (Å²) in [4.78, 5) is 15.4. The number of H-pyrrole nitrogens is 1. The summed E-state index contributed by atoms with van der Waals surface area (Å²) in [5, 5.41) is 22.3. The molecule has 4 aromatic rings. The van der Waals surface area contributed by atoms with Crippen LogP contribution in [0.5, 0.6) is 0 Å². The molecule has 2 aromatic heterocycles. The summed E-state index contributed by atoms with van der Waals surface area (Å²) in [7, 11) is -3.47. The second-order valence-electron chi connectivity index (χ2n) is 6.72. The molecule has 0 unspecified atom stereocenters. The highest BCUT2D eigenvalue weighted by atomic mass is 32.2. The molecule has 2 aromatic carbocycles. The first-order valence-corrected chi connectivity index (χ1v) is 11.6. The molecule has 0 fully saturated rings.